The fraction of sp³-hybridized carbons (Fsp3) is 0.227. The number of rotatable bonds is 14. The molecule has 0 aliphatic heterocycles. The van der Waals surface area contributed by atoms with Crippen LogP contribution in [0.5, 0.6) is 0 Å². The second kappa shape index (κ2) is 16.4. The molecule has 44 heavy (non-hydrogen) atoms. The minimum Gasteiger partial charge on any atom is -0.0622 e. The van der Waals surface area contributed by atoms with E-state index in [4.69, 9.17) is 0 Å². The molecular formula is C44H46. The summed E-state index contributed by atoms with van der Waals surface area (Å²) in [6.45, 7) is 4.43. The van der Waals surface area contributed by atoms with Crippen LogP contribution >= 0.6 is 0 Å². The van der Waals surface area contributed by atoms with Crippen LogP contribution in [-0.4, -0.2) is 0 Å². The van der Waals surface area contributed by atoms with E-state index in [2.05, 4.69) is 153 Å². The van der Waals surface area contributed by atoms with Crippen molar-refractivity contribution in [3.05, 3.63) is 166 Å². The molecule has 0 aliphatic carbocycles. The molecule has 5 rings (SSSR count). The Hall–Kier alpha value is -4.42. The Morgan fingerprint density at radius 1 is 0.409 bits per heavy atom. The molecule has 0 saturated carbocycles. The van der Waals surface area contributed by atoms with E-state index < -0.39 is 0 Å². The molecule has 0 unspecified atom stereocenters. The highest BCUT2D eigenvalue weighted by Gasteiger charge is 2.01. The molecule has 0 aromatic heterocycles. The second-order valence-electron chi connectivity index (χ2n) is 12.1. The van der Waals surface area contributed by atoms with Crippen molar-refractivity contribution < 1.29 is 0 Å². The molecule has 0 nitrogen and oxygen atoms in total. The maximum Gasteiger partial charge on any atom is -0.0184 e. The van der Waals surface area contributed by atoms with E-state index >= 15 is 0 Å². The highest BCUT2D eigenvalue weighted by Crippen LogP contribution is 2.22. The van der Waals surface area contributed by atoms with Crippen LogP contribution in [0.3, 0.4) is 0 Å². The zero-order chi connectivity index (χ0) is 30.4. The first-order valence-corrected chi connectivity index (χ1v) is 16.4. The summed E-state index contributed by atoms with van der Waals surface area (Å²) < 4.78 is 0. The van der Waals surface area contributed by atoms with Gasteiger partial charge in [-0.15, -0.1) is 0 Å². The predicted molar refractivity (Wildman–Crippen MR) is 194 cm³/mol. The van der Waals surface area contributed by atoms with Gasteiger partial charge in [0.25, 0.3) is 0 Å². The van der Waals surface area contributed by atoms with Crippen molar-refractivity contribution in [1.29, 1.82) is 0 Å². The quantitative estimate of drug-likeness (QED) is 0.0914. The van der Waals surface area contributed by atoms with Crippen LogP contribution in [0.15, 0.2) is 121 Å². The van der Waals surface area contributed by atoms with E-state index in [1.807, 2.05) is 6.07 Å². The van der Waals surface area contributed by atoms with Crippen molar-refractivity contribution >= 4 is 24.3 Å². The van der Waals surface area contributed by atoms with Crippen LogP contribution in [-0.2, 0) is 12.8 Å². The lowest BCUT2D eigenvalue weighted by molar-refractivity contribution is 0.593. The van der Waals surface area contributed by atoms with E-state index in [9.17, 15) is 0 Å². The zero-order valence-electron chi connectivity index (χ0n) is 26.5. The maximum absolute atomic E-state index is 2.36. The van der Waals surface area contributed by atoms with Crippen molar-refractivity contribution in [2.75, 3.05) is 0 Å². The van der Waals surface area contributed by atoms with E-state index in [1.54, 1.807) is 0 Å². The second-order valence-corrected chi connectivity index (χ2v) is 12.1. The Morgan fingerprint density at radius 3 is 1.41 bits per heavy atom. The fourth-order valence-corrected chi connectivity index (χ4v) is 5.74. The fourth-order valence-electron chi connectivity index (χ4n) is 5.74. The summed E-state index contributed by atoms with van der Waals surface area (Å²) in [5.41, 5.74) is 13.2. The molecule has 222 valence electrons. The van der Waals surface area contributed by atoms with Crippen LogP contribution in [0, 0.1) is 13.8 Å². The van der Waals surface area contributed by atoms with Gasteiger partial charge in [0.05, 0.1) is 0 Å². The minimum absolute atomic E-state index is 1.18. The van der Waals surface area contributed by atoms with Gasteiger partial charge in [-0.05, 0) is 89.6 Å². The summed E-state index contributed by atoms with van der Waals surface area (Å²) in [5, 5.41) is 0. The molecule has 0 N–H and O–H groups in total. The molecule has 0 heterocycles. The number of hydrogen-bond donors (Lipinski definition) is 0. The van der Waals surface area contributed by atoms with Gasteiger partial charge in [-0.3, -0.25) is 0 Å². The molecule has 5 aromatic carbocycles. The summed E-state index contributed by atoms with van der Waals surface area (Å²) in [5.74, 6) is 0. The van der Waals surface area contributed by atoms with E-state index in [1.165, 1.54) is 107 Å². The van der Waals surface area contributed by atoms with Gasteiger partial charge < -0.3 is 0 Å². The smallest absolute Gasteiger partial charge is 0.0184 e. The van der Waals surface area contributed by atoms with E-state index in [0.29, 0.717) is 0 Å². The highest BCUT2D eigenvalue weighted by molar-refractivity contribution is 5.74. The summed E-state index contributed by atoms with van der Waals surface area (Å²) in [6.07, 6.45) is 19.1. The molecule has 0 heteroatoms. The number of unbranched alkanes of at least 4 members (excludes halogenated alkanes) is 5. The molecule has 0 fully saturated rings. The number of benzene rings is 5. The van der Waals surface area contributed by atoms with Gasteiger partial charge in [0.2, 0.25) is 0 Å². The molecule has 0 amide bonds. The van der Waals surface area contributed by atoms with Gasteiger partial charge in [0.1, 0.15) is 0 Å². The van der Waals surface area contributed by atoms with Crippen molar-refractivity contribution in [3.63, 3.8) is 0 Å². The van der Waals surface area contributed by atoms with Gasteiger partial charge >= 0.3 is 0 Å². The predicted octanol–water partition coefficient (Wildman–Crippen LogP) is 12.4. The summed E-state index contributed by atoms with van der Waals surface area (Å²) >= 11 is 0. The first-order valence-electron chi connectivity index (χ1n) is 16.4. The van der Waals surface area contributed by atoms with Crippen LogP contribution in [0.25, 0.3) is 35.4 Å². The summed E-state index contributed by atoms with van der Waals surface area (Å²) in [6, 6.07) is 43.9. The monoisotopic (exact) mass is 574 g/mol. The van der Waals surface area contributed by atoms with E-state index in [0.717, 1.165) is 0 Å². The van der Waals surface area contributed by atoms with Crippen LogP contribution < -0.4 is 0 Å². The standard InChI is InChI=1S/C44H46/c1-35-16-17-36(2)44(34-35)15-11-6-4-3-5-8-14-38-19-22-39(23-20-38)24-25-41-28-32-43(33-29-41)42-30-26-40(27-31-42)21-18-37-12-9-7-10-13-37/h7,9-10,12-13,16-34H,3-6,8,11,14-15H2,1-2H3/b21-18+,25-24+. The summed E-state index contributed by atoms with van der Waals surface area (Å²) in [4.78, 5) is 0. The molecule has 0 atom stereocenters. The lowest BCUT2D eigenvalue weighted by atomic mass is 9.99. The molecule has 0 radical (unpaired) electrons. The highest BCUT2D eigenvalue weighted by atomic mass is 14.1. The lowest BCUT2D eigenvalue weighted by Gasteiger charge is -2.07. The Bertz CT molecular complexity index is 1620. The zero-order valence-corrected chi connectivity index (χ0v) is 26.5. The van der Waals surface area contributed by atoms with Crippen molar-refractivity contribution in [2.24, 2.45) is 0 Å². The largest absolute Gasteiger partial charge is 0.0622 e. The van der Waals surface area contributed by atoms with Crippen molar-refractivity contribution in [1.82, 2.24) is 0 Å². The van der Waals surface area contributed by atoms with Gasteiger partial charge in [0, 0.05) is 0 Å². The van der Waals surface area contributed by atoms with Gasteiger partial charge in [-0.2, -0.15) is 0 Å². The SMILES string of the molecule is Cc1ccc(C)c(CCCCCCCCc2ccc(/C=C/c3ccc(-c4ccc(/C=C/c5ccccc5)cc4)cc3)cc2)c1. The van der Waals surface area contributed by atoms with Crippen molar-refractivity contribution in [2.45, 2.75) is 65.2 Å². The average molecular weight is 575 g/mol. The Balaban J connectivity index is 1.00. The average Bonchev–Trinajstić information content (AvgIpc) is 3.07. The topological polar surface area (TPSA) is 0 Å². The van der Waals surface area contributed by atoms with Crippen LogP contribution in [0.1, 0.15) is 83.0 Å². The van der Waals surface area contributed by atoms with Crippen molar-refractivity contribution in [3.8, 4) is 11.1 Å². The Morgan fingerprint density at radius 2 is 0.864 bits per heavy atom. The molecule has 0 spiro atoms. The first kappa shape index (κ1) is 31.0. The minimum atomic E-state index is 1.18. The van der Waals surface area contributed by atoms with Gasteiger partial charge in [0.15, 0.2) is 0 Å². The normalized spacial score (nSPS) is 11.5. The first-order chi connectivity index (χ1) is 21.6. The third-order valence-electron chi connectivity index (χ3n) is 8.54. The third kappa shape index (κ3) is 9.81. The molecule has 0 aliphatic rings. The molecule has 5 aromatic rings. The maximum atomic E-state index is 2.36. The third-order valence-corrected chi connectivity index (χ3v) is 8.54. The van der Waals surface area contributed by atoms with Crippen LogP contribution in [0.4, 0.5) is 0 Å². The Kier molecular flexibility index (Phi) is 11.6. The molecular weight excluding hydrogens is 528 g/mol. The molecule has 0 saturated heterocycles. The summed E-state index contributed by atoms with van der Waals surface area (Å²) in [7, 11) is 0. The number of aryl methyl sites for hydroxylation is 4. The lowest BCUT2D eigenvalue weighted by Crippen LogP contribution is -1.91. The number of hydrogen-bond acceptors (Lipinski definition) is 0. The van der Waals surface area contributed by atoms with E-state index in [-0.39, 0.29) is 0 Å². The molecule has 0 bridgehead atoms. The van der Waals surface area contributed by atoms with Crippen LogP contribution in [0.2, 0.25) is 0 Å². The van der Waals surface area contributed by atoms with Gasteiger partial charge in [-0.1, -0.05) is 177 Å². The Labute approximate surface area is 265 Å². The van der Waals surface area contributed by atoms with Gasteiger partial charge in [-0.25, -0.2) is 0 Å².